The number of aryl methyl sites for hydroxylation is 2. The molecule has 0 spiro atoms. The third-order valence-electron chi connectivity index (χ3n) is 9.02. The van der Waals surface area contributed by atoms with Crippen LogP contribution in [0, 0.1) is 13.8 Å². The van der Waals surface area contributed by atoms with Crippen LogP contribution in [0.5, 0.6) is 0 Å². The molecule has 46 heavy (non-hydrogen) atoms. The van der Waals surface area contributed by atoms with Crippen molar-refractivity contribution < 1.29 is 16.8 Å². The Hall–Kier alpha value is -3.33. The first-order chi connectivity index (χ1) is 22.0. The van der Waals surface area contributed by atoms with Crippen molar-refractivity contribution in [3.05, 3.63) is 94.4 Å². The monoisotopic (exact) mass is 666 g/mol. The normalized spacial score (nSPS) is 18.5. The molecule has 0 unspecified atom stereocenters. The topological polar surface area (TPSA) is 108 Å². The van der Waals surface area contributed by atoms with Gasteiger partial charge >= 0.3 is 5.69 Å². The van der Waals surface area contributed by atoms with Crippen LogP contribution in [-0.4, -0.2) is 96.7 Å². The Labute approximate surface area is 271 Å². The molecule has 246 valence electrons. The Kier molecular flexibility index (Phi) is 9.51. The summed E-state index contributed by atoms with van der Waals surface area (Å²) in [6.45, 7) is 8.47. The highest BCUT2D eigenvalue weighted by molar-refractivity contribution is 7.89. The Bertz CT molecular complexity index is 1810. The highest BCUT2D eigenvalue weighted by Gasteiger charge is 2.29. The molecule has 2 fully saturated rings. The number of nitrogens with zero attached hydrogens (tertiary/aromatic N) is 6. The summed E-state index contributed by atoms with van der Waals surface area (Å²) in [5.74, 6) is 0. The maximum Gasteiger partial charge on any atom is 0.331 e. The van der Waals surface area contributed by atoms with Crippen LogP contribution in [0.15, 0.2) is 87.4 Å². The van der Waals surface area contributed by atoms with Gasteiger partial charge in [-0.15, -0.1) is 0 Å². The van der Waals surface area contributed by atoms with Gasteiger partial charge in [-0.3, -0.25) is 18.9 Å². The van der Waals surface area contributed by atoms with E-state index in [0.717, 1.165) is 22.2 Å². The van der Waals surface area contributed by atoms with Gasteiger partial charge in [0.2, 0.25) is 20.0 Å². The van der Waals surface area contributed by atoms with E-state index in [2.05, 4.69) is 9.80 Å². The number of sulfonamides is 2. The fraction of sp³-hybridized carbons (Fsp3) is 0.424. The van der Waals surface area contributed by atoms with E-state index >= 15 is 0 Å². The van der Waals surface area contributed by atoms with Gasteiger partial charge in [-0.1, -0.05) is 47.5 Å². The van der Waals surface area contributed by atoms with E-state index in [1.54, 1.807) is 42.0 Å². The Morgan fingerprint density at radius 1 is 0.522 bits per heavy atom. The zero-order valence-corrected chi connectivity index (χ0v) is 28.1. The van der Waals surface area contributed by atoms with Crippen molar-refractivity contribution in [2.24, 2.45) is 0 Å². The molecule has 0 radical (unpaired) electrons. The third kappa shape index (κ3) is 6.71. The molecule has 2 saturated heterocycles. The number of para-hydroxylation sites is 2. The van der Waals surface area contributed by atoms with Gasteiger partial charge in [-0.2, -0.15) is 8.61 Å². The molecule has 0 bridgehead atoms. The van der Waals surface area contributed by atoms with Crippen LogP contribution in [-0.2, 0) is 33.4 Å². The van der Waals surface area contributed by atoms with E-state index in [9.17, 15) is 21.6 Å². The predicted octanol–water partition coefficient (Wildman–Crippen LogP) is 3.13. The third-order valence-corrected chi connectivity index (χ3v) is 12.8. The van der Waals surface area contributed by atoms with Gasteiger partial charge in [-0.05, 0) is 63.1 Å². The summed E-state index contributed by atoms with van der Waals surface area (Å²) in [4.78, 5) is 18.8. The lowest BCUT2D eigenvalue weighted by atomic mass is 10.2. The molecule has 11 nitrogen and oxygen atoms in total. The standard InChI is InChI=1S/C33H42N6O5S2/c1-27-9-13-29(14-10-27)45(41,42)36-19-5-17-34(21-23-36)25-38-31-7-3-4-8-32(31)39(33(38)40)26-35-18-6-20-37(24-22-35)46(43,44)30-15-11-28(2)12-16-30/h3-4,7-16H,5-6,17-26H2,1-2H3. The van der Waals surface area contributed by atoms with E-state index < -0.39 is 20.0 Å². The van der Waals surface area contributed by atoms with Crippen LogP contribution in [0.3, 0.4) is 0 Å². The van der Waals surface area contributed by atoms with Crippen LogP contribution in [0.2, 0.25) is 0 Å². The second kappa shape index (κ2) is 13.4. The summed E-state index contributed by atoms with van der Waals surface area (Å²) in [6.07, 6.45) is 1.32. The zero-order chi connectivity index (χ0) is 32.5. The van der Waals surface area contributed by atoms with Gasteiger partial charge in [0.25, 0.3) is 0 Å². The molecule has 0 saturated carbocycles. The number of hydrogen-bond donors (Lipinski definition) is 0. The predicted molar refractivity (Wildman–Crippen MR) is 178 cm³/mol. The molecule has 3 heterocycles. The Balaban J connectivity index is 1.16. The van der Waals surface area contributed by atoms with Gasteiger partial charge in [0.05, 0.1) is 34.2 Å². The SMILES string of the molecule is Cc1ccc(S(=O)(=O)N2CCCN(Cn3c(=O)n(CN4CCCN(S(=O)(=O)c5ccc(C)cc5)CC4)c4ccccc43)CC2)cc1. The second-order valence-corrected chi connectivity index (χ2v) is 16.2. The quantitative estimate of drug-likeness (QED) is 0.285. The molecule has 2 aliphatic heterocycles. The maximum absolute atomic E-state index is 13.9. The van der Waals surface area contributed by atoms with E-state index in [0.29, 0.717) is 88.3 Å². The molecule has 0 N–H and O–H groups in total. The minimum atomic E-state index is -3.60. The first-order valence-electron chi connectivity index (χ1n) is 15.8. The summed E-state index contributed by atoms with van der Waals surface area (Å²) in [7, 11) is -7.20. The van der Waals surface area contributed by atoms with Gasteiger partial charge in [0.15, 0.2) is 0 Å². The number of hydrogen-bond acceptors (Lipinski definition) is 7. The zero-order valence-electron chi connectivity index (χ0n) is 26.5. The lowest BCUT2D eigenvalue weighted by Gasteiger charge is -2.22. The highest BCUT2D eigenvalue weighted by atomic mass is 32.2. The van der Waals surface area contributed by atoms with E-state index in [-0.39, 0.29) is 5.69 Å². The molecule has 0 amide bonds. The lowest BCUT2D eigenvalue weighted by Crippen LogP contribution is -2.39. The Morgan fingerprint density at radius 2 is 0.913 bits per heavy atom. The van der Waals surface area contributed by atoms with Crippen LogP contribution in [0.1, 0.15) is 24.0 Å². The Morgan fingerprint density at radius 3 is 1.30 bits per heavy atom. The molecular weight excluding hydrogens is 625 g/mol. The fourth-order valence-corrected chi connectivity index (χ4v) is 9.26. The van der Waals surface area contributed by atoms with Gasteiger partial charge in [0, 0.05) is 52.4 Å². The largest absolute Gasteiger partial charge is 0.331 e. The van der Waals surface area contributed by atoms with E-state index in [4.69, 9.17) is 0 Å². The maximum atomic E-state index is 13.9. The molecule has 1 aromatic heterocycles. The van der Waals surface area contributed by atoms with Crippen molar-refractivity contribution in [3.63, 3.8) is 0 Å². The van der Waals surface area contributed by atoms with E-state index in [1.165, 1.54) is 0 Å². The molecule has 13 heteroatoms. The summed E-state index contributed by atoms with van der Waals surface area (Å²) in [5.41, 5.74) is 3.52. The van der Waals surface area contributed by atoms with Gasteiger partial charge < -0.3 is 0 Å². The summed E-state index contributed by atoms with van der Waals surface area (Å²) in [5, 5.41) is 0. The molecule has 2 aliphatic rings. The molecule has 3 aromatic carbocycles. The van der Waals surface area contributed by atoms with Crippen molar-refractivity contribution in [1.29, 1.82) is 0 Å². The minimum Gasteiger partial charge on any atom is -0.284 e. The number of fused-ring (bicyclic) bond motifs is 1. The van der Waals surface area contributed by atoms with Crippen molar-refractivity contribution >= 4 is 31.1 Å². The summed E-state index contributed by atoms with van der Waals surface area (Å²) >= 11 is 0. The van der Waals surface area contributed by atoms with Gasteiger partial charge in [-0.25, -0.2) is 21.6 Å². The molecule has 4 aromatic rings. The van der Waals surface area contributed by atoms with Crippen molar-refractivity contribution in [3.8, 4) is 0 Å². The smallest absolute Gasteiger partial charge is 0.284 e. The van der Waals surface area contributed by atoms with Gasteiger partial charge in [0.1, 0.15) is 0 Å². The number of rotatable bonds is 8. The van der Waals surface area contributed by atoms with Crippen LogP contribution >= 0.6 is 0 Å². The number of benzene rings is 3. The highest BCUT2D eigenvalue weighted by Crippen LogP contribution is 2.21. The van der Waals surface area contributed by atoms with E-state index in [1.807, 2.05) is 62.4 Å². The first-order valence-corrected chi connectivity index (χ1v) is 18.7. The molecule has 6 rings (SSSR count). The minimum absolute atomic E-state index is 0.136. The lowest BCUT2D eigenvalue weighted by molar-refractivity contribution is 0.214. The second-order valence-electron chi connectivity index (χ2n) is 12.3. The number of aromatic nitrogens is 2. The summed E-state index contributed by atoms with van der Waals surface area (Å²) < 4.78 is 60.0. The van der Waals surface area contributed by atoms with Crippen LogP contribution in [0.4, 0.5) is 0 Å². The van der Waals surface area contributed by atoms with Crippen molar-refractivity contribution in [2.75, 3.05) is 52.4 Å². The van der Waals surface area contributed by atoms with Crippen molar-refractivity contribution in [1.82, 2.24) is 27.5 Å². The van der Waals surface area contributed by atoms with Crippen LogP contribution < -0.4 is 5.69 Å². The molecule has 0 aliphatic carbocycles. The number of imidazole rings is 1. The first kappa shape index (κ1) is 32.6. The van der Waals surface area contributed by atoms with Crippen molar-refractivity contribution in [2.45, 2.75) is 49.8 Å². The summed E-state index contributed by atoms with van der Waals surface area (Å²) in [6, 6.07) is 21.6. The molecular formula is C33H42N6O5S2. The fourth-order valence-electron chi connectivity index (χ4n) is 6.32. The average Bonchev–Trinajstić information content (AvgIpc) is 3.29. The molecule has 0 atom stereocenters. The van der Waals surface area contributed by atoms with Crippen LogP contribution in [0.25, 0.3) is 11.0 Å². The average molecular weight is 667 g/mol.